The highest BCUT2D eigenvalue weighted by molar-refractivity contribution is 6.31. The van der Waals surface area contributed by atoms with Gasteiger partial charge in [-0.2, -0.15) is 0 Å². The van der Waals surface area contributed by atoms with Gasteiger partial charge in [0, 0.05) is 43.3 Å². The summed E-state index contributed by atoms with van der Waals surface area (Å²) in [7, 11) is 0. The van der Waals surface area contributed by atoms with E-state index in [2.05, 4.69) is 185 Å². The number of furan rings is 1. The number of rotatable bonds is 3. The van der Waals surface area contributed by atoms with E-state index >= 15 is 0 Å². The lowest BCUT2D eigenvalue weighted by Crippen LogP contribution is -2.04. The molecule has 5 nitrogen and oxygen atoms in total. The lowest BCUT2D eigenvalue weighted by molar-refractivity contribution is 0.673. The fraction of sp³-hybridized carbons (Fsp3) is 0. The van der Waals surface area contributed by atoms with Crippen LogP contribution < -0.4 is 0 Å². The Balaban J connectivity index is 1.25. The van der Waals surface area contributed by atoms with Crippen LogP contribution in [0.5, 0.6) is 0 Å². The summed E-state index contributed by atoms with van der Waals surface area (Å²) in [6.07, 6.45) is 0. The third-order valence-electron chi connectivity index (χ3n) is 11.9. The van der Waals surface area contributed by atoms with E-state index in [0.717, 1.165) is 104 Å². The van der Waals surface area contributed by atoms with Crippen molar-refractivity contribution < 1.29 is 4.42 Å². The van der Waals surface area contributed by atoms with Crippen LogP contribution >= 0.6 is 0 Å². The van der Waals surface area contributed by atoms with E-state index in [1.807, 2.05) is 6.07 Å². The fourth-order valence-electron chi connectivity index (χ4n) is 9.49. The smallest absolute Gasteiger partial charge is 0.235 e. The van der Waals surface area contributed by atoms with Crippen molar-refractivity contribution >= 4 is 98.0 Å². The van der Waals surface area contributed by atoms with Crippen LogP contribution in [0, 0.1) is 0 Å². The Bertz CT molecular complexity index is 3810. The van der Waals surface area contributed by atoms with Gasteiger partial charge < -0.3 is 8.98 Å². The van der Waals surface area contributed by atoms with Crippen LogP contribution in [0.1, 0.15) is 0 Å². The highest BCUT2D eigenvalue weighted by Crippen LogP contribution is 2.46. The van der Waals surface area contributed by atoms with Gasteiger partial charge in [0.15, 0.2) is 0 Å². The zero-order valence-corrected chi connectivity index (χ0v) is 30.5. The molecule has 0 aliphatic heterocycles. The molecule has 4 aromatic heterocycles. The summed E-state index contributed by atoms with van der Waals surface area (Å²) in [4.78, 5) is 11.1. The molecule has 0 aliphatic rings. The van der Waals surface area contributed by atoms with E-state index in [0.29, 0.717) is 5.95 Å². The summed E-state index contributed by atoms with van der Waals surface area (Å²) in [5, 5.41) is 12.4. The molecule has 13 rings (SSSR count). The molecule has 13 aromatic rings. The Morgan fingerprint density at radius 1 is 0.386 bits per heavy atom. The maximum atomic E-state index is 6.80. The van der Waals surface area contributed by atoms with Crippen molar-refractivity contribution in [2.24, 2.45) is 0 Å². The second-order valence-corrected chi connectivity index (χ2v) is 14.9. The standard InChI is InChI=1S/C52H30N4O/c1-2-15-33(16-3-1)49-46-35-19-7-5-14-32(35)25-28-40(46)53-52(54-49)56-44-29-26-37-36-20-9-11-24-45(36)57-51(37)48(44)39-27-30-43-47(50(39)56)38-21-8-10-22-42(38)55(43)41-23-12-17-31-13-4-6-18-34(31)41/h1-30H. The molecule has 0 saturated carbocycles. The van der Waals surface area contributed by atoms with Gasteiger partial charge in [0.1, 0.15) is 11.2 Å². The highest BCUT2D eigenvalue weighted by atomic mass is 16.3. The molecule has 0 radical (unpaired) electrons. The fourth-order valence-corrected chi connectivity index (χ4v) is 9.49. The molecule has 0 aliphatic carbocycles. The predicted octanol–water partition coefficient (Wildman–Crippen LogP) is 13.7. The van der Waals surface area contributed by atoms with Crippen molar-refractivity contribution in [3.8, 4) is 22.9 Å². The first kappa shape index (κ1) is 30.6. The number of hydrogen-bond donors (Lipinski definition) is 0. The Morgan fingerprint density at radius 3 is 1.91 bits per heavy atom. The van der Waals surface area contributed by atoms with E-state index in [1.54, 1.807) is 0 Å². The topological polar surface area (TPSA) is 48.8 Å². The van der Waals surface area contributed by atoms with E-state index < -0.39 is 0 Å². The minimum atomic E-state index is 0.613. The molecular weight excluding hydrogens is 697 g/mol. The number of aromatic nitrogens is 4. The Kier molecular flexibility index (Phi) is 6.10. The van der Waals surface area contributed by atoms with Crippen LogP contribution in [0.4, 0.5) is 0 Å². The molecule has 0 amide bonds. The maximum absolute atomic E-state index is 6.80. The van der Waals surface area contributed by atoms with Gasteiger partial charge in [0.05, 0.1) is 44.4 Å². The van der Waals surface area contributed by atoms with Gasteiger partial charge in [-0.3, -0.25) is 4.57 Å². The van der Waals surface area contributed by atoms with Crippen LogP contribution in [0.15, 0.2) is 186 Å². The molecular formula is C52H30N4O. The van der Waals surface area contributed by atoms with E-state index in [1.165, 1.54) is 10.8 Å². The van der Waals surface area contributed by atoms with Gasteiger partial charge in [-0.25, -0.2) is 9.97 Å². The van der Waals surface area contributed by atoms with E-state index in [4.69, 9.17) is 14.4 Å². The summed E-state index contributed by atoms with van der Waals surface area (Å²) in [6.45, 7) is 0. The number of hydrogen-bond acceptors (Lipinski definition) is 3. The van der Waals surface area contributed by atoms with Gasteiger partial charge in [0.25, 0.3) is 0 Å². The molecule has 9 aromatic carbocycles. The lowest BCUT2D eigenvalue weighted by Gasteiger charge is -2.14. The minimum absolute atomic E-state index is 0.613. The minimum Gasteiger partial charge on any atom is -0.455 e. The quantitative estimate of drug-likeness (QED) is 0.170. The van der Waals surface area contributed by atoms with Gasteiger partial charge >= 0.3 is 0 Å². The Hall–Kier alpha value is -7.76. The van der Waals surface area contributed by atoms with Crippen LogP contribution in [0.2, 0.25) is 0 Å². The van der Waals surface area contributed by atoms with Crippen LogP contribution in [-0.4, -0.2) is 19.1 Å². The van der Waals surface area contributed by atoms with Gasteiger partial charge in [-0.1, -0.05) is 133 Å². The third-order valence-corrected chi connectivity index (χ3v) is 11.9. The third kappa shape index (κ3) is 4.17. The Morgan fingerprint density at radius 2 is 1.05 bits per heavy atom. The second-order valence-electron chi connectivity index (χ2n) is 14.9. The second kappa shape index (κ2) is 11.4. The van der Waals surface area contributed by atoms with Crippen molar-refractivity contribution in [3.05, 3.63) is 182 Å². The highest BCUT2D eigenvalue weighted by Gasteiger charge is 2.26. The summed E-state index contributed by atoms with van der Waals surface area (Å²) in [6, 6.07) is 64.6. The SMILES string of the molecule is c1ccc(-c2nc(-n3c4ccc5c6ccccc6oc5c4c4ccc5c(c6ccccc6n5-c5cccc6ccccc56)c43)nc3ccc4ccccc4c23)cc1. The molecule has 0 spiro atoms. The number of para-hydroxylation sites is 2. The van der Waals surface area contributed by atoms with Gasteiger partial charge in [0.2, 0.25) is 5.95 Å². The Labute approximate surface area is 325 Å². The van der Waals surface area contributed by atoms with Gasteiger partial charge in [-0.05, 0) is 64.7 Å². The van der Waals surface area contributed by atoms with E-state index in [-0.39, 0.29) is 0 Å². The van der Waals surface area contributed by atoms with Crippen LogP contribution in [0.25, 0.3) is 121 Å². The number of nitrogens with zero attached hydrogens (tertiary/aromatic N) is 4. The van der Waals surface area contributed by atoms with Gasteiger partial charge in [-0.15, -0.1) is 0 Å². The predicted molar refractivity (Wildman–Crippen MR) is 236 cm³/mol. The van der Waals surface area contributed by atoms with Crippen molar-refractivity contribution in [2.45, 2.75) is 0 Å². The van der Waals surface area contributed by atoms with Crippen molar-refractivity contribution in [3.63, 3.8) is 0 Å². The van der Waals surface area contributed by atoms with Crippen molar-refractivity contribution in [2.75, 3.05) is 0 Å². The van der Waals surface area contributed by atoms with Crippen LogP contribution in [0.3, 0.4) is 0 Å². The zero-order valence-electron chi connectivity index (χ0n) is 30.5. The first-order valence-electron chi connectivity index (χ1n) is 19.3. The summed E-state index contributed by atoms with van der Waals surface area (Å²) < 4.78 is 11.5. The van der Waals surface area contributed by atoms with Crippen LogP contribution in [-0.2, 0) is 0 Å². The molecule has 0 saturated heterocycles. The number of fused-ring (bicyclic) bond motifs is 15. The first-order chi connectivity index (χ1) is 28.3. The maximum Gasteiger partial charge on any atom is 0.235 e. The molecule has 5 heteroatoms. The molecule has 4 heterocycles. The number of benzene rings is 9. The molecule has 264 valence electrons. The molecule has 0 N–H and O–H groups in total. The first-order valence-corrected chi connectivity index (χ1v) is 19.3. The monoisotopic (exact) mass is 726 g/mol. The average molecular weight is 727 g/mol. The lowest BCUT2D eigenvalue weighted by atomic mass is 10.0. The normalized spacial score (nSPS) is 12.2. The van der Waals surface area contributed by atoms with Crippen molar-refractivity contribution in [1.82, 2.24) is 19.1 Å². The summed E-state index contributed by atoms with van der Waals surface area (Å²) >= 11 is 0. The molecule has 0 unspecified atom stereocenters. The molecule has 0 atom stereocenters. The van der Waals surface area contributed by atoms with Crippen molar-refractivity contribution in [1.29, 1.82) is 0 Å². The summed E-state index contributed by atoms with van der Waals surface area (Å²) in [5.74, 6) is 0.613. The summed E-state index contributed by atoms with van der Waals surface area (Å²) in [5.41, 5.74) is 9.99. The van der Waals surface area contributed by atoms with E-state index in [9.17, 15) is 0 Å². The molecule has 0 fully saturated rings. The zero-order chi connectivity index (χ0) is 37.2. The molecule has 0 bridgehead atoms. The average Bonchev–Trinajstić information content (AvgIpc) is 3.93. The largest absolute Gasteiger partial charge is 0.455 e. The molecule has 57 heavy (non-hydrogen) atoms.